The molecule has 7 heteroatoms. The Labute approximate surface area is 166 Å². The number of benzene rings is 2. The van der Waals surface area contributed by atoms with Crippen molar-refractivity contribution in [3.63, 3.8) is 0 Å². The van der Waals surface area contributed by atoms with E-state index in [0.29, 0.717) is 11.1 Å². The normalized spacial score (nSPS) is 12.0. The Morgan fingerprint density at radius 1 is 1.07 bits per heavy atom. The van der Waals surface area contributed by atoms with Gasteiger partial charge >= 0.3 is 0 Å². The van der Waals surface area contributed by atoms with Crippen molar-refractivity contribution in [3.8, 4) is 0 Å². The third-order valence-corrected chi connectivity index (χ3v) is 5.88. The molecule has 2 rings (SSSR count). The van der Waals surface area contributed by atoms with Crippen LogP contribution in [0.2, 0.25) is 0 Å². The number of hydrogen-bond donors (Lipinski definition) is 2. The van der Waals surface area contributed by atoms with Crippen LogP contribution in [0.4, 0.5) is 4.39 Å². The molecule has 5 nitrogen and oxygen atoms in total. The maximum atomic E-state index is 13.5. The largest absolute Gasteiger partial charge is 0.352 e. The lowest BCUT2D eigenvalue weighted by molar-refractivity contribution is -0.121. The molecule has 0 saturated heterocycles. The Hall–Kier alpha value is -2.25. The van der Waals surface area contributed by atoms with E-state index in [9.17, 15) is 17.6 Å². The lowest BCUT2D eigenvalue weighted by atomic mass is 9.87. The minimum atomic E-state index is -3.68. The zero-order chi connectivity index (χ0) is 20.9. The predicted octanol–water partition coefficient (Wildman–Crippen LogP) is 3.42. The highest BCUT2D eigenvalue weighted by molar-refractivity contribution is 7.89. The zero-order valence-corrected chi connectivity index (χ0v) is 17.5. The SMILES string of the molecule is Cc1ccc(CNC(=O)CCNS(=O)(=O)c2ccc(C(C)(C)C)cc2)cc1F. The fourth-order valence-corrected chi connectivity index (χ4v) is 3.58. The van der Waals surface area contributed by atoms with Gasteiger partial charge in [-0.3, -0.25) is 4.79 Å². The molecular formula is C21H27FN2O3S. The summed E-state index contributed by atoms with van der Waals surface area (Å²) in [7, 11) is -3.68. The maximum Gasteiger partial charge on any atom is 0.240 e. The maximum absolute atomic E-state index is 13.5. The van der Waals surface area contributed by atoms with Gasteiger partial charge < -0.3 is 5.32 Å². The van der Waals surface area contributed by atoms with Crippen LogP contribution in [-0.2, 0) is 26.8 Å². The highest BCUT2D eigenvalue weighted by Crippen LogP contribution is 2.23. The van der Waals surface area contributed by atoms with E-state index < -0.39 is 10.0 Å². The minimum Gasteiger partial charge on any atom is -0.352 e. The smallest absolute Gasteiger partial charge is 0.240 e. The van der Waals surface area contributed by atoms with Gasteiger partial charge in [0.1, 0.15) is 5.82 Å². The molecule has 0 atom stereocenters. The van der Waals surface area contributed by atoms with E-state index in [-0.39, 0.29) is 41.5 Å². The van der Waals surface area contributed by atoms with Gasteiger partial charge in [0, 0.05) is 19.5 Å². The van der Waals surface area contributed by atoms with E-state index in [0.717, 1.165) is 5.56 Å². The molecule has 0 saturated carbocycles. The van der Waals surface area contributed by atoms with Crippen molar-refractivity contribution in [1.82, 2.24) is 10.0 Å². The molecule has 0 heterocycles. The second-order valence-electron chi connectivity index (χ2n) is 7.78. The molecule has 0 spiro atoms. The Bertz CT molecular complexity index is 933. The molecule has 28 heavy (non-hydrogen) atoms. The Kier molecular flexibility index (Phi) is 6.96. The van der Waals surface area contributed by atoms with Crippen LogP contribution in [0.3, 0.4) is 0 Å². The monoisotopic (exact) mass is 406 g/mol. The summed E-state index contributed by atoms with van der Waals surface area (Å²) in [5.74, 6) is -0.635. The molecule has 2 N–H and O–H groups in total. The summed E-state index contributed by atoms with van der Waals surface area (Å²) in [6, 6.07) is 11.5. The van der Waals surface area contributed by atoms with E-state index >= 15 is 0 Å². The van der Waals surface area contributed by atoms with Crippen LogP contribution in [-0.4, -0.2) is 20.9 Å². The first-order valence-corrected chi connectivity index (χ1v) is 10.6. The summed E-state index contributed by atoms with van der Waals surface area (Å²) >= 11 is 0. The van der Waals surface area contributed by atoms with Gasteiger partial charge in [-0.2, -0.15) is 0 Å². The molecule has 152 valence electrons. The van der Waals surface area contributed by atoms with Crippen LogP contribution < -0.4 is 10.0 Å². The summed E-state index contributed by atoms with van der Waals surface area (Å²) in [6.45, 7) is 8.00. The van der Waals surface area contributed by atoms with Gasteiger partial charge in [0.15, 0.2) is 0 Å². The van der Waals surface area contributed by atoms with Gasteiger partial charge in [0.2, 0.25) is 15.9 Å². The van der Waals surface area contributed by atoms with Gasteiger partial charge in [-0.15, -0.1) is 0 Å². The van der Waals surface area contributed by atoms with Gasteiger partial charge in [-0.05, 0) is 47.2 Å². The summed E-state index contributed by atoms with van der Waals surface area (Å²) in [4.78, 5) is 12.1. The van der Waals surface area contributed by atoms with E-state index in [1.54, 1.807) is 43.3 Å². The topological polar surface area (TPSA) is 75.3 Å². The molecule has 2 aromatic carbocycles. The number of carbonyl (C=O) groups is 1. The van der Waals surface area contributed by atoms with Crippen molar-refractivity contribution in [2.24, 2.45) is 0 Å². The highest BCUT2D eigenvalue weighted by Gasteiger charge is 2.17. The van der Waals surface area contributed by atoms with Crippen molar-refractivity contribution in [2.45, 2.75) is 51.0 Å². The van der Waals surface area contributed by atoms with Crippen LogP contribution in [0.25, 0.3) is 0 Å². The second-order valence-corrected chi connectivity index (χ2v) is 9.55. The van der Waals surface area contributed by atoms with Crippen molar-refractivity contribution >= 4 is 15.9 Å². The molecule has 0 radical (unpaired) electrons. The Morgan fingerprint density at radius 3 is 2.29 bits per heavy atom. The fourth-order valence-electron chi connectivity index (χ4n) is 2.55. The van der Waals surface area contributed by atoms with Crippen molar-refractivity contribution in [3.05, 3.63) is 65.0 Å². The second kappa shape index (κ2) is 8.84. The van der Waals surface area contributed by atoms with E-state index in [1.165, 1.54) is 6.07 Å². The summed E-state index contributed by atoms with van der Waals surface area (Å²) < 4.78 is 40.6. The van der Waals surface area contributed by atoms with E-state index in [1.807, 2.05) is 0 Å². The molecule has 2 aromatic rings. The molecule has 0 aromatic heterocycles. The van der Waals surface area contributed by atoms with Crippen molar-refractivity contribution < 1.29 is 17.6 Å². The molecule has 0 aliphatic carbocycles. The van der Waals surface area contributed by atoms with Gasteiger partial charge in [0.05, 0.1) is 4.90 Å². The Balaban J connectivity index is 1.84. The zero-order valence-electron chi connectivity index (χ0n) is 16.7. The summed E-state index contributed by atoms with van der Waals surface area (Å²) in [5, 5.41) is 2.66. The van der Waals surface area contributed by atoms with Gasteiger partial charge in [-0.25, -0.2) is 17.5 Å². The molecule has 0 aliphatic heterocycles. The van der Waals surface area contributed by atoms with Crippen LogP contribution >= 0.6 is 0 Å². The van der Waals surface area contributed by atoms with Crippen molar-refractivity contribution in [1.29, 1.82) is 0 Å². The number of nitrogens with one attached hydrogen (secondary N) is 2. The van der Waals surface area contributed by atoms with Crippen LogP contribution in [0.1, 0.15) is 43.9 Å². The number of halogens is 1. The van der Waals surface area contributed by atoms with Gasteiger partial charge in [-0.1, -0.05) is 45.0 Å². The lowest BCUT2D eigenvalue weighted by Gasteiger charge is -2.19. The standard InChI is InChI=1S/C21H27FN2O3S/c1-15-5-6-16(13-19(15)22)14-23-20(25)11-12-24-28(26,27)18-9-7-17(8-10-18)21(2,3)4/h5-10,13,24H,11-12,14H2,1-4H3,(H,23,25). The first-order chi connectivity index (χ1) is 13.0. The molecule has 0 unspecified atom stereocenters. The first kappa shape index (κ1) is 22.0. The highest BCUT2D eigenvalue weighted by atomic mass is 32.2. The van der Waals surface area contributed by atoms with E-state index in [2.05, 4.69) is 30.8 Å². The average molecular weight is 407 g/mol. The van der Waals surface area contributed by atoms with Gasteiger partial charge in [0.25, 0.3) is 0 Å². The quantitative estimate of drug-likeness (QED) is 0.740. The average Bonchev–Trinajstić information content (AvgIpc) is 2.62. The fraction of sp³-hybridized carbons (Fsp3) is 0.381. The molecule has 1 amide bonds. The number of amides is 1. The number of hydrogen-bond acceptors (Lipinski definition) is 3. The van der Waals surface area contributed by atoms with Crippen LogP contribution in [0.5, 0.6) is 0 Å². The molecule has 0 aliphatic rings. The predicted molar refractivity (Wildman–Crippen MR) is 108 cm³/mol. The number of sulfonamides is 1. The number of rotatable bonds is 7. The first-order valence-electron chi connectivity index (χ1n) is 9.11. The lowest BCUT2D eigenvalue weighted by Crippen LogP contribution is -2.30. The van der Waals surface area contributed by atoms with E-state index in [4.69, 9.17) is 0 Å². The molecular weight excluding hydrogens is 379 g/mol. The number of aryl methyl sites for hydroxylation is 1. The Morgan fingerprint density at radius 2 is 1.71 bits per heavy atom. The third kappa shape index (κ3) is 6.14. The summed E-state index contributed by atoms with van der Waals surface area (Å²) in [6.07, 6.45) is -0.00630. The third-order valence-electron chi connectivity index (χ3n) is 4.40. The van der Waals surface area contributed by atoms with Crippen molar-refractivity contribution in [2.75, 3.05) is 6.54 Å². The number of carbonyl (C=O) groups excluding carboxylic acids is 1. The van der Waals surface area contributed by atoms with Crippen LogP contribution in [0.15, 0.2) is 47.4 Å². The minimum absolute atomic E-state index is 0.00630. The summed E-state index contributed by atoms with van der Waals surface area (Å²) in [5.41, 5.74) is 2.17. The molecule has 0 fully saturated rings. The van der Waals surface area contributed by atoms with Crippen LogP contribution in [0, 0.1) is 12.7 Å². The molecule has 0 bridgehead atoms.